The second-order valence-corrected chi connectivity index (χ2v) is 19.6. The standard InChI is InChI=1S/C30H49O10P3.Al/c1-26(2,3)20-14-16-22(24(18-20)28(7,8)9)30(13,38-42(34,35)40-43(36,37)39-41(31,32)33)23-17-15-21(27(4,5)6)19-25(23)29(10,11)12;/h14-19H,1-13H3,(H,34,35)(H,36,37)(H2,31,32,33);. The summed E-state index contributed by atoms with van der Waals surface area (Å²) >= 11 is 0. The number of phosphoric acid groups is 3. The Bertz CT molecular complexity index is 1410. The molecular formula is C30H49AlO10P3. The van der Waals surface area contributed by atoms with E-state index in [1.54, 1.807) is 6.92 Å². The predicted molar refractivity (Wildman–Crippen MR) is 175 cm³/mol. The van der Waals surface area contributed by atoms with Crippen LogP contribution in [0.15, 0.2) is 36.4 Å². The molecule has 2 atom stereocenters. The van der Waals surface area contributed by atoms with Crippen LogP contribution < -0.4 is 0 Å². The highest BCUT2D eigenvalue weighted by Crippen LogP contribution is 2.68. The summed E-state index contributed by atoms with van der Waals surface area (Å²) in [6.45, 7) is 26.0. The van der Waals surface area contributed by atoms with Gasteiger partial charge in [-0.1, -0.05) is 119 Å². The van der Waals surface area contributed by atoms with Crippen molar-refractivity contribution in [2.75, 3.05) is 0 Å². The van der Waals surface area contributed by atoms with Gasteiger partial charge in [-0.15, -0.1) is 0 Å². The molecule has 247 valence electrons. The number of phosphoric ester groups is 1. The monoisotopic (exact) mass is 689 g/mol. The molecule has 3 radical (unpaired) electrons. The molecule has 2 aromatic carbocycles. The van der Waals surface area contributed by atoms with Crippen LogP contribution in [0.25, 0.3) is 0 Å². The molecule has 0 spiro atoms. The van der Waals surface area contributed by atoms with E-state index in [1.807, 2.05) is 77.9 Å². The van der Waals surface area contributed by atoms with Gasteiger partial charge in [0, 0.05) is 17.4 Å². The molecule has 0 aromatic heterocycles. The number of hydrogen-bond acceptors (Lipinski definition) is 6. The first kappa shape index (κ1) is 41.4. The van der Waals surface area contributed by atoms with Gasteiger partial charge in [-0.05, 0) is 62.0 Å². The van der Waals surface area contributed by atoms with Gasteiger partial charge in [0.05, 0.1) is 0 Å². The van der Waals surface area contributed by atoms with Crippen molar-refractivity contribution in [3.8, 4) is 0 Å². The fourth-order valence-electron chi connectivity index (χ4n) is 4.87. The summed E-state index contributed by atoms with van der Waals surface area (Å²) in [5.74, 6) is 0. The summed E-state index contributed by atoms with van der Waals surface area (Å²) in [4.78, 5) is 38.9. The average molecular weight is 690 g/mol. The highest BCUT2D eigenvalue weighted by atomic mass is 31.3. The zero-order valence-electron chi connectivity index (χ0n) is 28.1. The van der Waals surface area contributed by atoms with Crippen molar-refractivity contribution in [1.82, 2.24) is 0 Å². The van der Waals surface area contributed by atoms with Gasteiger partial charge >= 0.3 is 23.5 Å². The lowest BCUT2D eigenvalue weighted by Gasteiger charge is -2.40. The van der Waals surface area contributed by atoms with Gasteiger partial charge in [0.25, 0.3) is 0 Å². The Balaban J connectivity index is 0.00000968. The molecule has 2 unspecified atom stereocenters. The van der Waals surface area contributed by atoms with Crippen LogP contribution in [0.1, 0.15) is 123 Å². The van der Waals surface area contributed by atoms with Crippen LogP contribution in [0.3, 0.4) is 0 Å². The Morgan fingerprint density at radius 3 is 1.11 bits per heavy atom. The smallest absolute Gasteiger partial charge is 0.302 e. The van der Waals surface area contributed by atoms with Crippen molar-refractivity contribution in [1.29, 1.82) is 0 Å². The SMILES string of the molecule is CC(C)(C)c1ccc(C(C)(OP(=O)(O)OP(=O)(O)OP(=O)(O)O)c2ccc(C(C)(C)C)cc2C(C)(C)C)c(C(C)(C)C)c1.[Al]. The largest absolute Gasteiger partial charge is 0.490 e. The van der Waals surface area contributed by atoms with Crippen LogP contribution in [-0.2, 0) is 54.1 Å². The van der Waals surface area contributed by atoms with E-state index in [0.29, 0.717) is 11.1 Å². The normalized spacial score (nSPS) is 16.6. The lowest BCUT2D eigenvalue weighted by molar-refractivity contribution is 0.0755. The van der Waals surface area contributed by atoms with Crippen molar-refractivity contribution >= 4 is 40.8 Å². The van der Waals surface area contributed by atoms with Crippen LogP contribution in [0.4, 0.5) is 0 Å². The topological polar surface area (TPSA) is 160 Å². The Morgan fingerprint density at radius 1 is 0.500 bits per heavy atom. The molecule has 0 heterocycles. The van der Waals surface area contributed by atoms with Gasteiger partial charge in [-0.3, -0.25) is 4.52 Å². The minimum Gasteiger partial charge on any atom is -0.302 e. The van der Waals surface area contributed by atoms with E-state index >= 15 is 0 Å². The Hall–Kier alpha value is -0.618. The molecule has 2 aromatic rings. The van der Waals surface area contributed by atoms with Crippen molar-refractivity contribution in [3.05, 3.63) is 69.8 Å². The average Bonchev–Trinajstić information content (AvgIpc) is 2.72. The Labute approximate surface area is 273 Å². The molecule has 10 nitrogen and oxygen atoms in total. The Morgan fingerprint density at radius 2 is 0.841 bits per heavy atom. The van der Waals surface area contributed by atoms with E-state index in [2.05, 4.69) is 50.2 Å². The molecule has 2 rings (SSSR count). The second kappa shape index (κ2) is 13.1. The van der Waals surface area contributed by atoms with E-state index in [0.717, 1.165) is 22.3 Å². The van der Waals surface area contributed by atoms with E-state index in [4.69, 9.17) is 14.3 Å². The van der Waals surface area contributed by atoms with Gasteiger partial charge in [0.2, 0.25) is 0 Å². The summed E-state index contributed by atoms with van der Waals surface area (Å²) in [7, 11) is -16.9. The minimum absolute atomic E-state index is 0. The number of hydrogen-bond donors (Lipinski definition) is 4. The molecule has 0 bridgehead atoms. The number of rotatable bonds is 8. The highest BCUT2D eigenvalue weighted by Gasteiger charge is 2.48. The fraction of sp³-hybridized carbons (Fsp3) is 0.600. The molecule has 0 aliphatic rings. The molecule has 44 heavy (non-hydrogen) atoms. The molecule has 14 heteroatoms. The molecule has 0 aliphatic heterocycles. The first-order valence-electron chi connectivity index (χ1n) is 13.9. The Kier molecular flexibility index (Phi) is 12.3. The van der Waals surface area contributed by atoms with Gasteiger partial charge in [-0.2, -0.15) is 8.62 Å². The minimum atomic E-state index is -5.75. The summed E-state index contributed by atoms with van der Waals surface area (Å²) in [6, 6.07) is 11.5. The summed E-state index contributed by atoms with van der Waals surface area (Å²) in [6.07, 6.45) is 0. The molecule has 4 N–H and O–H groups in total. The lowest BCUT2D eigenvalue weighted by Crippen LogP contribution is -2.34. The maximum atomic E-state index is 13.5. The molecule has 0 saturated carbocycles. The van der Waals surface area contributed by atoms with Crippen LogP contribution >= 0.6 is 23.5 Å². The van der Waals surface area contributed by atoms with E-state index in [-0.39, 0.29) is 28.2 Å². The molecule has 0 saturated heterocycles. The van der Waals surface area contributed by atoms with E-state index in [1.165, 1.54) is 0 Å². The van der Waals surface area contributed by atoms with E-state index in [9.17, 15) is 23.5 Å². The summed E-state index contributed by atoms with van der Waals surface area (Å²) in [5, 5.41) is 0. The summed E-state index contributed by atoms with van der Waals surface area (Å²) < 4.78 is 51.2. The first-order valence-corrected chi connectivity index (χ1v) is 18.5. The highest BCUT2D eigenvalue weighted by molar-refractivity contribution is 7.66. The van der Waals surface area contributed by atoms with Gasteiger partial charge < -0.3 is 19.6 Å². The molecular weight excluding hydrogens is 640 g/mol. The van der Waals surface area contributed by atoms with Crippen LogP contribution in [-0.4, -0.2) is 36.9 Å². The van der Waals surface area contributed by atoms with Crippen molar-refractivity contribution in [2.45, 2.75) is 117 Å². The molecule has 0 fully saturated rings. The molecule has 0 amide bonds. The quantitative estimate of drug-likeness (QED) is 0.158. The number of benzene rings is 2. The third kappa shape index (κ3) is 10.7. The maximum absolute atomic E-state index is 13.5. The maximum Gasteiger partial charge on any atom is 0.490 e. The van der Waals surface area contributed by atoms with Gasteiger partial charge in [-0.25, -0.2) is 13.7 Å². The van der Waals surface area contributed by atoms with Crippen molar-refractivity contribution in [2.24, 2.45) is 0 Å². The van der Waals surface area contributed by atoms with Crippen LogP contribution in [0, 0.1) is 0 Å². The van der Waals surface area contributed by atoms with E-state index < -0.39 is 39.9 Å². The summed E-state index contributed by atoms with van der Waals surface area (Å²) in [5.41, 5.74) is 1.41. The first-order chi connectivity index (χ1) is 18.8. The fourth-order valence-corrected chi connectivity index (χ4v) is 8.16. The molecule has 0 aliphatic carbocycles. The van der Waals surface area contributed by atoms with Crippen molar-refractivity contribution in [3.63, 3.8) is 0 Å². The lowest BCUT2D eigenvalue weighted by atomic mass is 9.70. The van der Waals surface area contributed by atoms with Crippen LogP contribution in [0.5, 0.6) is 0 Å². The zero-order chi connectivity index (χ0) is 33.8. The van der Waals surface area contributed by atoms with Crippen LogP contribution in [0.2, 0.25) is 0 Å². The predicted octanol–water partition coefficient (Wildman–Crippen LogP) is 8.10. The third-order valence-corrected chi connectivity index (χ3v) is 11.1. The van der Waals surface area contributed by atoms with Gasteiger partial charge in [0.1, 0.15) is 5.60 Å². The van der Waals surface area contributed by atoms with Crippen molar-refractivity contribution < 1.29 is 46.4 Å². The zero-order valence-corrected chi connectivity index (χ0v) is 32.0. The third-order valence-electron chi connectivity index (χ3n) is 7.13. The van der Waals surface area contributed by atoms with Gasteiger partial charge in [0.15, 0.2) is 0 Å². The second-order valence-electron chi connectivity index (χ2n) is 15.2.